The van der Waals surface area contributed by atoms with Crippen LogP contribution in [0.3, 0.4) is 0 Å². The fourth-order valence-corrected chi connectivity index (χ4v) is 3.62. The van der Waals surface area contributed by atoms with Crippen LogP contribution in [0.4, 0.5) is 0 Å². The van der Waals surface area contributed by atoms with Gasteiger partial charge in [0.05, 0.1) is 0 Å². The van der Waals surface area contributed by atoms with E-state index in [4.69, 9.17) is 5.73 Å². The number of fused-ring (bicyclic) bond motifs is 1. The molecule has 1 heteroatoms. The molecule has 3 atom stereocenters. The van der Waals surface area contributed by atoms with Crippen molar-refractivity contribution in [3.8, 4) is 0 Å². The molecule has 0 aliphatic heterocycles. The topological polar surface area (TPSA) is 26.0 Å². The van der Waals surface area contributed by atoms with Gasteiger partial charge >= 0.3 is 0 Å². The van der Waals surface area contributed by atoms with Gasteiger partial charge in [0.1, 0.15) is 0 Å². The zero-order valence-corrected chi connectivity index (χ0v) is 10.8. The summed E-state index contributed by atoms with van der Waals surface area (Å²) in [4.78, 5) is 0. The summed E-state index contributed by atoms with van der Waals surface area (Å²) in [5.41, 5.74) is 10.8. The summed E-state index contributed by atoms with van der Waals surface area (Å²) in [5.74, 6) is 1.51. The lowest BCUT2D eigenvalue weighted by molar-refractivity contribution is 0.390. The molecular weight excluding hydrogens is 206 g/mol. The molecule has 2 aliphatic rings. The first-order chi connectivity index (χ1) is 8.24. The van der Waals surface area contributed by atoms with Gasteiger partial charge in [0.25, 0.3) is 0 Å². The van der Waals surface area contributed by atoms with E-state index in [9.17, 15) is 0 Å². The van der Waals surface area contributed by atoms with Gasteiger partial charge in [0, 0.05) is 6.04 Å². The maximum absolute atomic E-state index is 6.11. The SMILES string of the molecule is CC1C(N)CCC1Cc1ccc2c(c1)CCC2. The van der Waals surface area contributed by atoms with Gasteiger partial charge in [0.2, 0.25) is 0 Å². The average molecular weight is 229 g/mol. The Hall–Kier alpha value is -0.820. The molecule has 2 aliphatic carbocycles. The van der Waals surface area contributed by atoms with E-state index in [1.54, 1.807) is 11.1 Å². The van der Waals surface area contributed by atoms with Crippen LogP contribution in [0.2, 0.25) is 0 Å². The smallest absolute Gasteiger partial charge is 0.00673 e. The van der Waals surface area contributed by atoms with Crippen molar-refractivity contribution in [2.24, 2.45) is 17.6 Å². The van der Waals surface area contributed by atoms with Crippen LogP contribution in [-0.2, 0) is 19.3 Å². The lowest BCUT2D eigenvalue weighted by atomic mass is 9.89. The molecule has 3 unspecified atom stereocenters. The van der Waals surface area contributed by atoms with E-state index in [1.807, 2.05) is 0 Å². The van der Waals surface area contributed by atoms with Gasteiger partial charge in [0.15, 0.2) is 0 Å². The van der Waals surface area contributed by atoms with Crippen molar-refractivity contribution >= 4 is 0 Å². The number of aryl methyl sites for hydroxylation is 2. The van der Waals surface area contributed by atoms with Crippen LogP contribution in [0, 0.1) is 11.8 Å². The van der Waals surface area contributed by atoms with Crippen molar-refractivity contribution in [1.29, 1.82) is 0 Å². The number of benzene rings is 1. The average Bonchev–Trinajstić information content (AvgIpc) is 2.90. The first kappa shape index (κ1) is 11.3. The Balaban J connectivity index is 1.73. The maximum atomic E-state index is 6.11. The molecule has 2 N–H and O–H groups in total. The van der Waals surface area contributed by atoms with Gasteiger partial charge in [-0.3, -0.25) is 0 Å². The minimum atomic E-state index is 0.439. The summed E-state index contributed by atoms with van der Waals surface area (Å²) < 4.78 is 0. The predicted octanol–water partition coefficient (Wildman–Crippen LogP) is 3.09. The molecule has 0 bridgehead atoms. The van der Waals surface area contributed by atoms with E-state index in [-0.39, 0.29) is 0 Å². The number of rotatable bonds is 2. The third-order valence-electron chi connectivity index (χ3n) is 4.95. The number of nitrogens with two attached hydrogens (primary N) is 1. The van der Waals surface area contributed by atoms with Crippen LogP contribution >= 0.6 is 0 Å². The quantitative estimate of drug-likeness (QED) is 0.828. The summed E-state index contributed by atoms with van der Waals surface area (Å²) in [6, 6.07) is 7.60. The molecule has 0 heterocycles. The summed E-state index contributed by atoms with van der Waals surface area (Å²) >= 11 is 0. The molecule has 92 valence electrons. The maximum Gasteiger partial charge on any atom is 0.00673 e. The first-order valence-corrected chi connectivity index (χ1v) is 7.10. The number of hydrogen-bond donors (Lipinski definition) is 1. The lowest BCUT2D eigenvalue weighted by Gasteiger charge is -2.18. The summed E-state index contributed by atoms with van der Waals surface area (Å²) in [7, 11) is 0. The highest BCUT2D eigenvalue weighted by molar-refractivity contribution is 5.35. The highest BCUT2D eigenvalue weighted by Gasteiger charge is 2.30. The van der Waals surface area contributed by atoms with Crippen molar-refractivity contribution in [3.63, 3.8) is 0 Å². The molecule has 0 aromatic heterocycles. The van der Waals surface area contributed by atoms with Crippen molar-refractivity contribution in [2.75, 3.05) is 0 Å². The monoisotopic (exact) mass is 229 g/mol. The third-order valence-corrected chi connectivity index (χ3v) is 4.95. The second-order valence-corrected chi connectivity index (χ2v) is 6.02. The van der Waals surface area contributed by atoms with Crippen LogP contribution in [0.25, 0.3) is 0 Å². The second kappa shape index (κ2) is 4.45. The van der Waals surface area contributed by atoms with Crippen molar-refractivity contribution in [2.45, 2.75) is 51.5 Å². The summed E-state index contributed by atoms with van der Waals surface area (Å²) in [6.45, 7) is 2.33. The molecule has 0 radical (unpaired) electrons. The summed E-state index contributed by atoms with van der Waals surface area (Å²) in [6.07, 6.45) is 7.71. The van der Waals surface area contributed by atoms with E-state index in [2.05, 4.69) is 25.1 Å². The van der Waals surface area contributed by atoms with Crippen molar-refractivity contribution < 1.29 is 0 Å². The van der Waals surface area contributed by atoms with Gasteiger partial charge in [-0.05, 0) is 67.1 Å². The Morgan fingerprint density at radius 3 is 2.76 bits per heavy atom. The molecular formula is C16H23N. The van der Waals surface area contributed by atoms with Gasteiger partial charge in [-0.1, -0.05) is 25.1 Å². The van der Waals surface area contributed by atoms with Crippen molar-refractivity contribution in [3.05, 3.63) is 34.9 Å². The Bertz CT molecular complexity index is 410. The van der Waals surface area contributed by atoms with Crippen molar-refractivity contribution in [1.82, 2.24) is 0 Å². The van der Waals surface area contributed by atoms with Crippen LogP contribution in [0.5, 0.6) is 0 Å². The Morgan fingerprint density at radius 2 is 2.00 bits per heavy atom. The number of hydrogen-bond acceptors (Lipinski definition) is 1. The van der Waals surface area contributed by atoms with Crippen LogP contribution in [-0.4, -0.2) is 6.04 Å². The van der Waals surface area contributed by atoms with Gasteiger partial charge in [-0.2, -0.15) is 0 Å². The summed E-state index contributed by atoms with van der Waals surface area (Å²) in [5, 5.41) is 0. The molecule has 0 amide bonds. The molecule has 17 heavy (non-hydrogen) atoms. The molecule has 1 fully saturated rings. The molecule has 1 nitrogen and oxygen atoms in total. The highest BCUT2D eigenvalue weighted by atomic mass is 14.7. The Kier molecular flexibility index (Phi) is 2.96. The van der Waals surface area contributed by atoms with Crippen LogP contribution < -0.4 is 5.73 Å². The normalized spacial score (nSPS) is 31.8. The Labute approximate surface area is 104 Å². The highest BCUT2D eigenvalue weighted by Crippen LogP contribution is 2.34. The minimum Gasteiger partial charge on any atom is -0.327 e. The first-order valence-electron chi connectivity index (χ1n) is 7.10. The van der Waals surface area contributed by atoms with E-state index in [0.29, 0.717) is 12.0 Å². The molecule has 3 rings (SSSR count). The second-order valence-electron chi connectivity index (χ2n) is 6.02. The van der Waals surface area contributed by atoms with Gasteiger partial charge < -0.3 is 5.73 Å². The Morgan fingerprint density at radius 1 is 1.18 bits per heavy atom. The standard InChI is InChI=1S/C16H23N/c1-11-14(7-8-16(11)17)9-12-5-6-13-3-2-4-15(13)10-12/h5-6,10-11,14,16H,2-4,7-9,17H2,1H3. The van der Waals surface area contributed by atoms with E-state index >= 15 is 0 Å². The zero-order valence-electron chi connectivity index (χ0n) is 10.8. The molecule has 0 spiro atoms. The van der Waals surface area contributed by atoms with Gasteiger partial charge in [-0.25, -0.2) is 0 Å². The van der Waals surface area contributed by atoms with E-state index in [1.165, 1.54) is 44.1 Å². The molecule has 1 aromatic rings. The fraction of sp³-hybridized carbons (Fsp3) is 0.625. The van der Waals surface area contributed by atoms with Crippen LogP contribution in [0.15, 0.2) is 18.2 Å². The third kappa shape index (κ3) is 2.13. The lowest BCUT2D eigenvalue weighted by Crippen LogP contribution is -2.25. The minimum absolute atomic E-state index is 0.439. The zero-order chi connectivity index (χ0) is 11.8. The molecule has 0 saturated heterocycles. The fourth-order valence-electron chi connectivity index (χ4n) is 3.62. The van der Waals surface area contributed by atoms with E-state index in [0.717, 1.165) is 5.92 Å². The molecule has 1 aromatic carbocycles. The van der Waals surface area contributed by atoms with E-state index < -0.39 is 0 Å². The largest absolute Gasteiger partial charge is 0.327 e. The predicted molar refractivity (Wildman–Crippen MR) is 72.0 cm³/mol. The van der Waals surface area contributed by atoms with Gasteiger partial charge in [-0.15, -0.1) is 0 Å². The van der Waals surface area contributed by atoms with Crippen LogP contribution in [0.1, 0.15) is 42.9 Å². The molecule has 1 saturated carbocycles.